The highest BCUT2D eigenvalue weighted by atomic mass is 16.5. The van der Waals surface area contributed by atoms with Gasteiger partial charge in [0.1, 0.15) is 0 Å². The number of amides is 3. The summed E-state index contributed by atoms with van der Waals surface area (Å²) in [5.41, 5.74) is 4.42. The van der Waals surface area contributed by atoms with Crippen molar-refractivity contribution in [3.8, 4) is 0 Å². The average Bonchev–Trinajstić information content (AvgIpc) is 2.69. The molecule has 4 N–H and O–H groups in total. The van der Waals surface area contributed by atoms with Gasteiger partial charge in [0, 0.05) is 30.8 Å². The molecule has 7 heteroatoms. The SMILES string of the molecule is NNC(=O)c1ccc(CC2CN(C(=O)Nc3ccccc3)CCO2)cc1. The van der Waals surface area contributed by atoms with Gasteiger partial charge in [-0.15, -0.1) is 0 Å². The number of anilines is 1. The normalized spacial score (nSPS) is 16.8. The predicted molar refractivity (Wildman–Crippen MR) is 98.6 cm³/mol. The van der Waals surface area contributed by atoms with E-state index in [1.54, 1.807) is 17.0 Å². The van der Waals surface area contributed by atoms with E-state index in [-0.39, 0.29) is 18.0 Å². The molecule has 0 aliphatic carbocycles. The molecule has 7 nitrogen and oxygen atoms in total. The van der Waals surface area contributed by atoms with E-state index in [1.807, 2.05) is 42.5 Å². The summed E-state index contributed by atoms with van der Waals surface area (Å²) in [6.45, 7) is 1.58. The second kappa shape index (κ2) is 8.46. The van der Waals surface area contributed by atoms with Crippen molar-refractivity contribution in [3.63, 3.8) is 0 Å². The van der Waals surface area contributed by atoms with Crippen molar-refractivity contribution in [1.82, 2.24) is 10.3 Å². The van der Waals surface area contributed by atoms with E-state index in [1.165, 1.54) is 0 Å². The number of ether oxygens (including phenoxy) is 1. The van der Waals surface area contributed by atoms with E-state index in [4.69, 9.17) is 10.6 Å². The van der Waals surface area contributed by atoms with Gasteiger partial charge in [0.15, 0.2) is 0 Å². The summed E-state index contributed by atoms with van der Waals surface area (Å²) < 4.78 is 5.79. The maximum atomic E-state index is 12.4. The number of carbonyl (C=O) groups is 2. The first-order chi connectivity index (χ1) is 12.7. The second-order valence-electron chi connectivity index (χ2n) is 6.11. The molecule has 0 radical (unpaired) electrons. The highest BCUT2D eigenvalue weighted by Crippen LogP contribution is 2.14. The summed E-state index contributed by atoms with van der Waals surface area (Å²) in [6, 6.07) is 16.4. The predicted octanol–water partition coefficient (Wildman–Crippen LogP) is 1.77. The lowest BCUT2D eigenvalue weighted by molar-refractivity contribution is -0.0113. The van der Waals surface area contributed by atoms with Gasteiger partial charge >= 0.3 is 6.03 Å². The summed E-state index contributed by atoms with van der Waals surface area (Å²) in [4.78, 5) is 25.7. The Hall–Kier alpha value is -2.90. The molecule has 0 bridgehead atoms. The number of urea groups is 1. The number of nitrogen functional groups attached to an aromatic ring is 1. The Labute approximate surface area is 152 Å². The van der Waals surface area contributed by atoms with Crippen LogP contribution in [-0.2, 0) is 11.2 Å². The van der Waals surface area contributed by atoms with Gasteiger partial charge in [0.25, 0.3) is 5.91 Å². The van der Waals surface area contributed by atoms with Crippen LogP contribution in [0.4, 0.5) is 10.5 Å². The third-order valence-corrected chi connectivity index (χ3v) is 4.26. The molecule has 1 unspecified atom stereocenters. The molecule has 1 atom stereocenters. The van der Waals surface area contributed by atoms with Crippen LogP contribution in [0.3, 0.4) is 0 Å². The van der Waals surface area contributed by atoms with Crippen molar-refractivity contribution < 1.29 is 14.3 Å². The molecule has 1 fully saturated rings. The van der Waals surface area contributed by atoms with Gasteiger partial charge in [-0.05, 0) is 29.8 Å². The molecule has 0 aromatic heterocycles. The van der Waals surface area contributed by atoms with Crippen LogP contribution in [-0.4, -0.2) is 42.6 Å². The van der Waals surface area contributed by atoms with Crippen LogP contribution < -0.4 is 16.6 Å². The molecule has 1 aliphatic heterocycles. The minimum Gasteiger partial charge on any atom is -0.374 e. The number of hydrazine groups is 1. The molecule has 136 valence electrons. The molecular formula is C19H22N4O3. The number of para-hydroxylation sites is 1. The average molecular weight is 354 g/mol. The fourth-order valence-corrected chi connectivity index (χ4v) is 2.89. The molecule has 26 heavy (non-hydrogen) atoms. The zero-order valence-corrected chi connectivity index (χ0v) is 14.4. The Kier molecular flexibility index (Phi) is 5.83. The number of hydrogen-bond acceptors (Lipinski definition) is 4. The number of benzene rings is 2. The lowest BCUT2D eigenvalue weighted by Crippen LogP contribution is -2.48. The summed E-state index contributed by atoms with van der Waals surface area (Å²) >= 11 is 0. The Morgan fingerprint density at radius 2 is 1.85 bits per heavy atom. The van der Waals surface area contributed by atoms with E-state index in [0.717, 1.165) is 11.3 Å². The van der Waals surface area contributed by atoms with Gasteiger partial charge in [0.05, 0.1) is 12.7 Å². The number of nitrogens with zero attached hydrogens (tertiary/aromatic N) is 1. The third-order valence-electron chi connectivity index (χ3n) is 4.26. The quantitative estimate of drug-likeness (QED) is 0.443. The molecule has 3 rings (SSSR count). The second-order valence-corrected chi connectivity index (χ2v) is 6.11. The van der Waals surface area contributed by atoms with Crippen LogP contribution in [0.1, 0.15) is 15.9 Å². The summed E-state index contributed by atoms with van der Waals surface area (Å²) in [7, 11) is 0. The van der Waals surface area contributed by atoms with E-state index in [9.17, 15) is 9.59 Å². The van der Waals surface area contributed by atoms with Gasteiger partial charge < -0.3 is 15.0 Å². The molecular weight excluding hydrogens is 332 g/mol. The van der Waals surface area contributed by atoms with Crippen molar-refractivity contribution >= 4 is 17.6 Å². The highest BCUT2D eigenvalue weighted by Gasteiger charge is 2.24. The van der Waals surface area contributed by atoms with Gasteiger partial charge in [0.2, 0.25) is 0 Å². The maximum absolute atomic E-state index is 12.4. The largest absolute Gasteiger partial charge is 0.374 e. The molecule has 1 saturated heterocycles. The lowest BCUT2D eigenvalue weighted by Gasteiger charge is -2.33. The van der Waals surface area contributed by atoms with Crippen molar-refractivity contribution in [2.24, 2.45) is 5.84 Å². The smallest absolute Gasteiger partial charge is 0.322 e. The molecule has 0 saturated carbocycles. The number of carbonyl (C=O) groups excluding carboxylic acids is 2. The molecule has 2 aromatic rings. The summed E-state index contributed by atoms with van der Waals surface area (Å²) in [5.74, 6) is 4.80. The van der Waals surface area contributed by atoms with E-state index >= 15 is 0 Å². The first kappa shape index (κ1) is 17.9. The van der Waals surface area contributed by atoms with Crippen LogP contribution in [0.5, 0.6) is 0 Å². The van der Waals surface area contributed by atoms with Crippen LogP contribution >= 0.6 is 0 Å². The van der Waals surface area contributed by atoms with E-state index in [0.29, 0.717) is 31.7 Å². The minimum atomic E-state index is -0.325. The molecule has 1 heterocycles. The maximum Gasteiger partial charge on any atom is 0.322 e. The number of rotatable bonds is 4. The van der Waals surface area contributed by atoms with Gasteiger partial charge in [-0.25, -0.2) is 10.6 Å². The van der Waals surface area contributed by atoms with E-state index in [2.05, 4.69) is 10.7 Å². The third kappa shape index (κ3) is 4.59. The van der Waals surface area contributed by atoms with Crippen LogP contribution in [0, 0.1) is 0 Å². The van der Waals surface area contributed by atoms with Crippen molar-refractivity contribution in [2.75, 3.05) is 25.0 Å². The fourth-order valence-electron chi connectivity index (χ4n) is 2.89. The van der Waals surface area contributed by atoms with E-state index < -0.39 is 0 Å². The van der Waals surface area contributed by atoms with Crippen molar-refractivity contribution in [3.05, 3.63) is 65.7 Å². The standard InChI is InChI=1S/C19H22N4O3/c20-22-18(24)15-8-6-14(7-9-15)12-17-13-23(10-11-26-17)19(25)21-16-4-2-1-3-5-16/h1-9,17H,10-13,20H2,(H,21,25)(H,22,24). The van der Waals surface area contributed by atoms with Gasteiger partial charge in [-0.3, -0.25) is 10.2 Å². The highest BCUT2D eigenvalue weighted by molar-refractivity contribution is 5.93. The summed E-state index contributed by atoms with van der Waals surface area (Å²) in [5, 5.41) is 2.90. The summed E-state index contributed by atoms with van der Waals surface area (Å²) in [6.07, 6.45) is 0.582. The zero-order chi connectivity index (χ0) is 18.4. The topological polar surface area (TPSA) is 96.7 Å². The minimum absolute atomic E-state index is 0.0838. The van der Waals surface area contributed by atoms with Crippen LogP contribution in [0.15, 0.2) is 54.6 Å². The van der Waals surface area contributed by atoms with Crippen LogP contribution in [0.25, 0.3) is 0 Å². The Morgan fingerprint density at radius 1 is 1.12 bits per heavy atom. The lowest BCUT2D eigenvalue weighted by atomic mass is 10.0. The fraction of sp³-hybridized carbons (Fsp3) is 0.263. The Morgan fingerprint density at radius 3 is 2.54 bits per heavy atom. The number of morpholine rings is 1. The number of nitrogens with two attached hydrogens (primary N) is 1. The Bertz CT molecular complexity index is 749. The molecule has 1 aliphatic rings. The zero-order valence-electron chi connectivity index (χ0n) is 14.4. The first-order valence-corrected chi connectivity index (χ1v) is 8.48. The number of hydrogen-bond donors (Lipinski definition) is 3. The number of nitrogens with one attached hydrogen (secondary N) is 2. The molecule has 2 aromatic carbocycles. The van der Waals surface area contributed by atoms with Crippen molar-refractivity contribution in [1.29, 1.82) is 0 Å². The van der Waals surface area contributed by atoms with Crippen LogP contribution in [0.2, 0.25) is 0 Å². The monoisotopic (exact) mass is 354 g/mol. The van der Waals surface area contributed by atoms with Gasteiger partial charge in [-0.1, -0.05) is 30.3 Å². The van der Waals surface area contributed by atoms with Crippen molar-refractivity contribution in [2.45, 2.75) is 12.5 Å². The van der Waals surface area contributed by atoms with Gasteiger partial charge in [-0.2, -0.15) is 0 Å². The molecule has 3 amide bonds. The Balaban J connectivity index is 1.56. The first-order valence-electron chi connectivity index (χ1n) is 8.48. The molecule has 0 spiro atoms.